The maximum atomic E-state index is 13.1. The summed E-state index contributed by atoms with van der Waals surface area (Å²) in [7, 11) is 0. The molecule has 8 nitrogen and oxygen atoms in total. The van der Waals surface area contributed by atoms with Gasteiger partial charge in [0.1, 0.15) is 0 Å². The minimum atomic E-state index is -0.916. The van der Waals surface area contributed by atoms with E-state index in [0.717, 1.165) is 30.6 Å². The predicted octanol–water partition coefficient (Wildman–Crippen LogP) is 4.33. The number of aliphatic imine (C=N–C) groups is 1. The zero-order valence-corrected chi connectivity index (χ0v) is 18.5. The van der Waals surface area contributed by atoms with Gasteiger partial charge in [-0.1, -0.05) is 36.0 Å². The van der Waals surface area contributed by atoms with Crippen LogP contribution in [0.1, 0.15) is 36.0 Å². The van der Waals surface area contributed by atoms with Gasteiger partial charge < -0.3 is 5.32 Å². The number of benzene rings is 2. The first-order chi connectivity index (χ1) is 15.4. The Bertz CT molecular complexity index is 1060. The predicted molar refractivity (Wildman–Crippen MR) is 123 cm³/mol. The molecule has 32 heavy (non-hydrogen) atoms. The fourth-order valence-corrected chi connectivity index (χ4v) is 4.03. The van der Waals surface area contributed by atoms with Crippen LogP contribution in [0.15, 0.2) is 53.5 Å². The number of hydrogen-bond donors (Lipinski definition) is 3. The normalized spacial score (nSPS) is 19.2. The fourth-order valence-electron chi connectivity index (χ4n) is 3.78. The first kappa shape index (κ1) is 22.1. The number of imide groups is 2. The number of hydrogen-bond acceptors (Lipinski definition) is 5. The Morgan fingerprint density at radius 2 is 1.53 bits per heavy atom. The fraction of sp³-hybridized carbons (Fsp3) is 0.273. The highest BCUT2D eigenvalue weighted by atomic mass is 35.5. The Morgan fingerprint density at radius 3 is 2.19 bits per heavy atom. The Hall–Kier alpha value is -3.10. The lowest BCUT2D eigenvalue weighted by Crippen LogP contribution is -2.54. The summed E-state index contributed by atoms with van der Waals surface area (Å²) >= 11 is 11.8. The number of rotatable bonds is 2. The molecule has 5 amide bonds. The number of nitrogens with one attached hydrogen (secondary N) is 3. The minimum Gasteiger partial charge on any atom is -0.351 e. The maximum absolute atomic E-state index is 13.1. The van der Waals surface area contributed by atoms with Crippen molar-refractivity contribution >= 4 is 52.8 Å². The van der Waals surface area contributed by atoms with Crippen molar-refractivity contribution in [3.05, 3.63) is 64.1 Å². The molecule has 1 fully saturated rings. The second-order valence-corrected chi connectivity index (χ2v) is 8.46. The number of fused-ring (bicyclic) bond motifs is 1. The van der Waals surface area contributed by atoms with E-state index in [2.05, 4.69) is 20.9 Å². The third-order valence-corrected chi connectivity index (χ3v) is 5.89. The topological polar surface area (TPSA) is 103 Å². The van der Waals surface area contributed by atoms with Crippen LogP contribution in [0.3, 0.4) is 0 Å². The maximum Gasteiger partial charge on any atom is 0.337 e. The van der Waals surface area contributed by atoms with Crippen LogP contribution in [-0.4, -0.2) is 36.0 Å². The molecule has 2 aliphatic rings. The molecule has 0 bridgehead atoms. The van der Waals surface area contributed by atoms with Crippen molar-refractivity contribution in [2.75, 3.05) is 4.90 Å². The summed E-state index contributed by atoms with van der Waals surface area (Å²) in [5.41, 5.74) is 0.467. The van der Waals surface area contributed by atoms with E-state index in [1.165, 1.54) is 36.4 Å². The largest absolute Gasteiger partial charge is 0.351 e. The van der Waals surface area contributed by atoms with Crippen LogP contribution in [0.4, 0.5) is 15.3 Å². The monoisotopic (exact) mass is 473 g/mol. The quantitative estimate of drug-likeness (QED) is 0.603. The van der Waals surface area contributed by atoms with Gasteiger partial charge in [-0.15, -0.1) is 0 Å². The van der Waals surface area contributed by atoms with Crippen LogP contribution in [0.2, 0.25) is 10.0 Å². The summed E-state index contributed by atoms with van der Waals surface area (Å²) in [6.45, 7) is 0. The molecule has 0 radical (unpaired) electrons. The van der Waals surface area contributed by atoms with Crippen LogP contribution in [0, 0.1) is 0 Å². The molecular formula is C22H21Cl2N5O3. The molecule has 10 heteroatoms. The zero-order chi connectivity index (χ0) is 22.7. The molecule has 1 heterocycles. The van der Waals surface area contributed by atoms with Gasteiger partial charge in [-0.2, -0.15) is 0 Å². The molecule has 3 N–H and O–H groups in total. The van der Waals surface area contributed by atoms with Gasteiger partial charge in [0.25, 0.3) is 5.91 Å². The molecule has 0 spiro atoms. The smallest absolute Gasteiger partial charge is 0.337 e. The molecule has 2 atom stereocenters. The standard InChI is InChI=1S/C22H21Cl2N5O3/c23-14-7-5-13(6-8-14)19(30)27-21(31)29(16-11-9-15(24)10-12-16)22(32)28-20-25-17-3-1-2-4-18(17)26-20/h5-12,17-18H,1-4H2,(H,27,30,31)(H2,25,26,28,32). The van der Waals surface area contributed by atoms with Crippen LogP contribution in [0.25, 0.3) is 0 Å². The molecule has 1 saturated carbocycles. The summed E-state index contributed by atoms with van der Waals surface area (Å²) in [6.07, 6.45) is 4.13. The number of guanidine groups is 1. The van der Waals surface area contributed by atoms with E-state index in [4.69, 9.17) is 23.2 Å². The Balaban J connectivity index is 1.52. The molecule has 2 aromatic carbocycles. The second kappa shape index (κ2) is 9.58. The van der Waals surface area contributed by atoms with Crippen molar-refractivity contribution in [3.63, 3.8) is 0 Å². The van der Waals surface area contributed by atoms with Crippen molar-refractivity contribution in [2.45, 2.75) is 37.8 Å². The summed E-state index contributed by atoms with van der Waals surface area (Å²) in [5.74, 6) is -0.344. The Kier molecular flexibility index (Phi) is 6.62. The van der Waals surface area contributed by atoms with Crippen LogP contribution >= 0.6 is 23.2 Å². The summed E-state index contributed by atoms with van der Waals surface area (Å²) in [5, 5.41) is 9.00. The first-order valence-electron chi connectivity index (χ1n) is 10.2. The lowest BCUT2D eigenvalue weighted by Gasteiger charge is -2.23. The zero-order valence-electron chi connectivity index (χ0n) is 17.0. The summed E-state index contributed by atoms with van der Waals surface area (Å²) < 4.78 is 0. The molecule has 0 saturated heterocycles. The molecule has 4 rings (SSSR count). The first-order valence-corrected chi connectivity index (χ1v) is 11.0. The number of amides is 5. The third kappa shape index (κ3) is 5.03. The van der Waals surface area contributed by atoms with Crippen LogP contribution in [0.5, 0.6) is 0 Å². The van der Waals surface area contributed by atoms with Crippen LogP contribution < -0.4 is 20.9 Å². The van der Waals surface area contributed by atoms with E-state index in [1.807, 2.05) is 0 Å². The number of carbonyl (C=O) groups excluding carboxylic acids is 3. The molecule has 166 valence electrons. The number of carbonyl (C=O) groups is 3. The summed E-state index contributed by atoms with van der Waals surface area (Å²) in [4.78, 5) is 43.9. The highest BCUT2D eigenvalue weighted by Crippen LogP contribution is 2.24. The second-order valence-electron chi connectivity index (χ2n) is 7.59. The van der Waals surface area contributed by atoms with Gasteiger partial charge in [-0.05, 0) is 61.4 Å². The Labute approximate surface area is 195 Å². The van der Waals surface area contributed by atoms with E-state index in [0.29, 0.717) is 16.0 Å². The summed E-state index contributed by atoms with van der Waals surface area (Å²) in [6, 6.07) is 10.8. The SMILES string of the molecule is O=C(NC(=O)N(C(=O)NC1=NC2CCCCC2N1)c1ccc(Cl)cc1)c1ccc(Cl)cc1. The lowest BCUT2D eigenvalue weighted by molar-refractivity contribution is 0.0966. The van der Waals surface area contributed by atoms with Crippen molar-refractivity contribution in [1.82, 2.24) is 16.0 Å². The molecule has 2 aromatic rings. The van der Waals surface area contributed by atoms with Gasteiger partial charge in [0.2, 0.25) is 0 Å². The number of halogens is 2. The molecule has 1 aliphatic heterocycles. The van der Waals surface area contributed by atoms with E-state index < -0.39 is 18.0 Å². The van der Waals surface area contributed by atoms with Crippen molar-refractivity contribution in [1.29, 1.82) is 0 Å². The Morgan fingerprint density at radius 1 is 0.906 bits per heavy atom. The van der Waals surface area contributed by atoms with E-state index in [-0.39, 0.29) is 23.3 Å². The average Bonchev–Trinajstić information content (AvgIpc) is 3.18. The highest BCUT2D eigenvalue weighted by Gasteiger charge is 2.33. The van der Waals surface area contributed by atoms with Gasteiger partial charge >= 0.3 is 12.1 Å². The van der Waals surface area contributed by atoms with E-state index in [1.54, 1.807) is 12.1 Å². The van der Waals surface area contributed by atoms with Gasteiger partial charge in [-0.3, -0.25) is 15.4 Å². The van der Waals surface area contributed by atoms with Gasteiger partial charge in [-0.25, -0.2) is 19.5 Å². The van der Waals surface area contributed by atoms with Gasteiger partial charge in [0.05, 0.1) is 17.8 Å². The minimum absolute atomic E-state index is 0.114. The van der Waals surface area contributed by atoms with E-state index in [9.17, 15) is 14.4 Å². The number of anilines is 1. The van der Waals surface area contributed by atoms with Crippen molar-refractivity contribution in [3.8, 4) is 0 Å². The molecular weight excluding hydrogens is 453 g/mol. The van der Waals surface area contributed by atoms with Crippen molar-refractivity contribution in [2.24, 2.45) is 4.99 Å². The average molecular weight is 474 g/mol. The lowest BCUT2D eigenvalue weighted by atomic mass is 9.92. The van der Waals surface area contributed by atoms with Crippen LogP contribution in [-0.2, 0) is 0 Å². The molecule has 0 aromatic heterocycles. The van der Waals surface area contributed by atoms with Gasteiger partial charge in [0, 0.05) is 15.6 Å². The molecule has 2 unspecified atom stereocenters. The highest BCUT2D eigenvalue weighted by molar-refractivity contribution is 6.31. The third-order valence-electron chi connectivity index (χ3n) is 5.39. The number of urea groups is 2. The van der Waals surface area contributed by atoms with Crippen molar-refractivity contribution < 1.29 is 14.4 Å². The van der Waals surface area contributed by atoms with E-state index >= 15 is 0 Å². The van der Waals surface area contributed by atoms with Gasteiger partial charge in [0.15, 0.2) is 5.96 Å². The number of nitrogens with zero attached hydrogens (tertiary/aromatic N) is 2. The molecule has 1 aliphatic carbocycles.